The van der Waals surface area contributed by atoms with Crippen molar-refractivity contribution in [3.8, 4) is 17.1 Å². The van der Waals surface area contributed by atoms with Gasteiger partial charge >= 0.3 is 0 Å². The van der Waals surface area contributed by atoms with Crippen molar-refractivity contribution in [3.05, 3.63) is 60.3 Å². The van der Waals surface area contributed by atoms with Crippen molar-refractivity contribution in [1.82, 2.24) is 9.46 Å². The van der Waals surface area contributed by atoms with Crippen LogP contribution in [0.25, 0.3) is 11.3 Å². The van der Waals surface area contributed by atoms with Gasteiger partial charge in [-0.2, -0.15) is 4.31 Å². The van der Waals surface area contributed by atoms with E-state index in [4.69, 9.17) is 9.26 Å². The van der Waals surface area contributed by atoms with E-state index in [1.165, 1.54) is 19.2 Å². The largest absolute Gasteiger partial charge is 0.497 e. The Bertz CT molecular complexity index is 1090. The molecule has 29 heavy (non-hydrogen) atoms. The second kappa shape index (κ2) is 8.46. The summed E-state index contributed by atoms with van der Waals surface area (Å²) in [5, 5.41) is 6.48. The van der Waals surface area contributed by atoms with Gasteiger partial charge in [0.1, 0.15) is 5.75 Å². The van der Waals surface area contributed by atoms with Crippen LogP contribution in [-0.4, -0.2) is 44.5 Å². The summed E-state index contributed by atoms with van der Waals surface area (Å²) >= 11 is 0. The number of aryl methyl sites for hydroxylation is 1. The summed E-state index contributed by atoms with van der Waals surface area (Å²) in [7, 11) is -0.919. The molecule has 152 valence electrons. The van der Waals surface area contributed by atoms with Crippen LogP contribution in [-0.2, 0) is 14.8 Å². The van der Waals surface area contributed by atoms with Gasteiger partial charge in [0.25, 0.3) is 0 Å². The highest BCUT2D eigenvalue weighted by atomic mass is 32.2. The minimum Gasteiger partial charge on any atom is -0.497 e. The summed E-state index contributed by atoms with van der Waals surface area (Å²) in [6, 6.07) is 14.7. The Kier molecular flexibility index (Phi) is 6.00. The number of nitrogens with one attached hydrogen (secondary N) is 1. The standard InChI is InChI=1S/C20H21N3O5S/c1-14-12-19(28-22-14)15-4-10-18(11-5-15)29(25,26)23(2)13-20(24)21-16-6-8-17(27-3)9-7-16/h4-12H,13H2,1-3H3,(H,21,24). The normalized spacial score (nSPS) is 11.4. The predicted molar refractivity (Wildman–Crippen MR) is 108 cm³/mol. The Morgan fingerprint density at radius 3 is 2.34 bits per heavy atom. The van der Waals surface area contributed by atoms with Gasteiger partial charge in [-0.15, -0.1) is 0 Å². The molecule has 0 aliphatic rings. The molecule has 9 heteroatoms. The fraction of sp³-hybridized carbons (Fsp3) is 0.200. The van der Waals surface area contributed by atoms with Crippen molar-refractivity contribution in [2.45, 2.75) is 11.8 Å². The van der Waals surface area contributed by atoms with Crippen LogP contribution >= 0.6 is 0 Å². The molecule has 2 aromatic carbocycles. The minimum atomic E-state index is -3.82. The molecule has 1 heterocycles. The van der Waals surface area contributed by atoms with Crippen LogP contribution < -0.4 is 10.1 Å². The van der Waals surface area contributed by atoms with E-state index in [-0.39, 0.29) is 11.4 Å². The number of methoxy groups -OCH3 is 1. The van der Waals surface area contributed by atoms with Gasteiger partial charge in [0, 0.05) is 24.4 Å². The number of aromatic nitrogens is 1. The highest BCUT2D eigenvalue weighted by molar-refractivity contribution is 7.89. The van der Waals surface area contributed by atoms with Crippen molar-refractivity contribution >= 4 is 21.6 Å². The Labute approximate surface area is 169 Å². The molecule has 0 fully saturated rings. The lowest BCUT2D eigenvalue weighted by Gasteiger charge is -2.17. The molecule has 0 saturated heterocycles. The fourth-order valence-corrected chi connectivity index (χ4v) is 3.76. The molecular weight excluding hydrogens is 394 g/mol. The van der Waals surface area contributed by atoms with Gasteiger partial charge in [-0.05, 0) is 55.5 Å². The maximum atomic E-state index is 12.7. The summed E-state index contributed by atoms with van der Waals surface area (Å²) in [6.07, 6.45) is 0. The lowest BCUT2D eigenvalue weighted by molar-refractivity contribution is -0.116. The first-order chi connectivity index (χ1) is 13.8. The molecule has 3 aromatic rings. The first-order valence-electron chi connectivity index (χ1n) is 8.73. The van der Waals surface area contributed by atoms with Gasteiger partial charge in [0.2, 0.25) is 15.9 Å². The van der Waals surface area contributed by atoms with Gasteiger partial charge in [-0.3, -0.25) is 4.79 Å². The fourth-order valence-electron chi connectivity index (χ4n) is 2.63. The van der Waals surface area contributed by atoms with Crippen molar-refractivity contribution in [2.75, 3.05) is 26.0 Å². The van der Waals surface area contributed by atoms with Crippen molar-refractivity contribution in [2.24, 2.45) is 0 Å². The van der Waals surface area contributed by atoms with Gasteiger partial charge in [0.15, 0.2) is 5.76 Å². The maximum absolute atomic E-state index is 12.7. The highest BCUT2D eigenvalue weighted by Crippen LogP contribution is 2.23. The molecule has 1 N–H and O–H groups in total. The lowest BCUT2D eigenvalue weighted by Crippen LogP contribution is -2.34. The van der Waals surface area contributed by atoms with E-state index in [2.05, 4.69) is 10.5 Å². The van der Waals surface area contributed by atoms with Gasteiger partial charge in [-0.25, -0.2) is 8.42 Å². The maximum Gasteiger partial charge on any atom is 0.243 e. The molecule has 3 rings (SSSR count). The first-order valence-corrected chi connectivity index (χ1v) is 10.2. The van der Waals surface area contributed by atoms with Crippen LogP contribution in [0.1, 0.15) is 5.69 Å². The molecule has 0 saturated carbocycles. The third-order valence-electron chi connectivity index (χ3n) is 4.22. The zero-order valence-corrected chi connectivity index (χ0v) is 17.1. The average Bonchev–Trinajstić information content (AvgIpc) is 3.15. The van der Waals surface area contributed by atoms with Gasteiger partial charge in [-0.1, -0.05) is 5.16 Å². The van der Waals surface area contributed by atoms with E-state index in [1.807, 2.05) is 0 Å². The molecule has 0 unspecified atom stereocenters. The molecule has 0 aliphatic heterocycles. The third-order valence-corrected chi connectivity index (χ3v) is 6.03. The van der Waals surface area contributed by atoms with E-state index >= 15 is 0 Å². The summed E-state index contributed by atoms with van der Waals surface area (Å²) in [5.74, 6) is 0.764. The number of rotatable bonds is 7. The number of ether oxygens (including phenoxy) is 1. The van der Waals surface area contributed by atoms with E-state index in [0.29, 0.717) is 22.8 Å². The Morgan fingerprint density at radius 2 is 1.79 bits per heavy atom. The molecule has 0 atom stereocenters. The average molecular weight is 415 g/mol. The first kappa shape index (κ1) is 20.6. The number of benzene rings is 2. The van der Waals surface area contributed by atoms with E-state index in [1.54, 1.807) is 56.5 Å². The van der Waals surface area contributed by atoms with Crippen LogP contribution in [0.2, 0.25) is 0 Å². The van der Waals surface area contributed by atoms with Gasteiger partial charge < -0.3 is 14.6 Å². The van der Waals surface area contributed by atoms with Crippen LogP contribution in [0.4, 0.5) is 5.69 Å². The lowest BCUT2D eigenvalue weighted by atomic mass is 10.2. The van der Waals surface area contributed by atoms with Crippen LogP contribution in [0.15, 0.2) is 64.0 Å². The van der Waals surface area contributed by atoms with E-state index in [0.717, 1.165) is 10.00 Å². The number of sulfonamides is 1. The topological polar surface area (TPSA) is 102 Å². The summed E-state index contributed by atoms with van der Waals surface area (Å²) in [4.78, 5) is 12.3. The Morgan fingerprint density at radius 1 is 1.14 bits per heavy atom. The molecule has 0 radical (unpaired) electrons. The number of amides is 1. The molecular formula is C20H21N3O5S. The zero-order chi connectivity index (χ0) is 21.0. The predicted octanol–water partition coefficient (Wildman–Crippen LogP) is 2.92. The smallest absolute Gasteiger partial charge is 0.243 e. The van der Waals surface area contributed by atoms with Crippen molar-refractivity contribution in [3.63, 3.8) is 0 Å². The van der Waals surface area contributed by atoms with Crippen LogP contribution in [0.5, 0.6) is 5.75 Å². The van der Waals surface area contributed by atoms with Gasteiger partial charge in [0.05, 0.1) is 24.2 Å². The number of carbonyl (C=O) groups excluding carboxylic acids is 1. The number of likely N-dealkylation sites (N-methyl/N-ethyl adjacent to an activating group) is 1. The molecule has 0 spiro atoms. The molecule has 1 aromatic heterocycles. The van der Waals surface area contributed by atoms with E-state index < -0.39 is 15.9 Å². The zero-order valence-electron chi connectivity index (χ0n) is 16.2. The highest BCUT2D eigenvalue weighted by Gasteiger charge is 2.23. The number of hydrogen-bond acceptors (Lipinski definition) is 6. The summed E-state index contributed by atoms with van der Waals surface area (Å²) in [5.41, 5.74) is 2.00. The monoisotopic (exact) mass is 415 g/mol. The minimum absolute atomic E-state index is 0.0808. The number of carbonyl (C=O) groups is 1. The van der Waals surface area contributed by atoms with E-state index in [9.17, 15) is 13.2 Å². The number of anilines is 1. The van der Waals surface area contributed by atoms with Crippen molar-refractivity contribution < 1.29 is 22.5 Å². The second-order valence-electron chi connectivity index (χ2n) is 6.39. The molecule has 8 nitrogen and oxygen atoms in total. The third kappa shape index (κ3) is 4.82. The van der Waals surface area contributed by atoms with Crippen LogP contribution in [0.3, 0.4) is 0 Å². The molecule has 1 amide bonds. The Hall–Kier alpha value is -3.17. The van der Waals surface area contributed by atoms with Crippen LogP contribution in [0, 0.1) is 6.92 Å². The summed E-state index contributed by atoms with van der Waals surface area (Å²) < 4.78 is 36.7. The number of nitrogens with zero attached hydrogens (tertiary/aromatic N) is 2. The molecule has 0 aliphatic carbocycles. The molecule has 0 bridgehead atoms. The Balaban J connectivity index is 1.67. The SMILES string of the molecule is COc1ccc(NC(=O)CN(C)S(=O)(=O)c2ccc(-c3cc(C)no3)cc2)cc1. The number of hydrogen-bond donors (Lipinski definition) is 1. The second-order valence-corrected chi connectivity index (χ2v) is 8.44. The van der Waals surface area contributed by atoms with Crippen molar-refractivity contribution in [1.29, 1.82) is 0 Å². The summed E-state index contributed by atoms with van der Waals surface area (Å²) in [6.45, 7) is 1.48. The quantitative estimate of drug-likeness (QED) is 0.637.